The average molecular weight is 359 g/mol. The molecule has 0 saturated heterocycles. The molecular formula is C19H16F3N3O. The number of alkyl halides is 3. The van der Waals surface area contributed by atoms with E-state index in [0.29, 0.717) is 11.3 Å². The number of aryl methyl sites for hydroxylation is 2. The largest absolute Gasteiger partial charge is 0.418 e. The number of imidazole rings is 1. The van der Waals surface area contributed by atoms with E-state index in [4.69, 9.17) is 0 Å². The minimum atomic E-state index is -4.57. The van der Waals surface area contributed by atoms with E-state index >= 15 is 0 Å². The molecule has 26 heavy (non-hydrogen) atoms. The van der Waals surface area contributed by atoms with Crippen molar-refractivity contribution in [3.8, 4) is 5.69 Å². The van der Waals surface area contributed by atoms with Gasteiger partial charge in [0.2, 0.25) is 0 Å². The van der Waals surface area contributed by atoms with Gasteiger partial charge in [0.25, 0.3) is 5.91 Å². The Labute approximate surface area is 148 Å². The van der Waals surface area contributed by atoms with E-state index in [-0.39, 0.29) is 11.4 Å². The van der Waals surface area contributed by atoms with Crippen LogP contribution in [0, 0.1) is 13.8 Å². The number of carbonyl (C=O) groups excluding carboxylic acids is 1. The third kappa shape index (κ3) is 3.61. The Kier molecular flexibility index (Phi) is 4.54. The summed E-state index contributed by atoms with van der Waals surface area (Å²) in [6.45, 7) is 3.46. The number of nitrogens with zero attached hydrogens (tertiary/aromatic N) is 2. The fraction of sp³-hybridized carbons (Fsp3) is 0.158. The van der Waals surface area contributed by atoms with Gasteiger partial charge in [0.1, 0.15) is 0 Å². The quantitative estimate of drug-likeness (QED) is 0.733. The highest BCUT2D eigenvalue weighted by Crippen LogP contribution is 2.35. The van der Waals surface area contributed by atoms with Crippen LogP contribution in [0.5, 0.6) is 0 Å². The van der Waals surface area contributed by atoms with Crippen molar-refractivity contribution < 1.29 is 18.0 Å². The van der Waals surface area contributed by atoms with Crippen LogP contribution in [0.25, 0.3) is 5.69 Å². The van der Waals surface area contributed by atoms with E-state index in [0.717, 1.165) is 11.6 Å². The number of anilines is 1. The number of benzene rings is 2. The van der Waals surface area contributed by atoms with Gasteiger partial charge in [-0.25, -0.2) is 4.98 Å². The molecule has 1 amide bonds. The molecule has 134 valence electrons. The van der Waals surface area contributed by atoms with Crippen LogP contribution in [0.4, 0.5) is 18.9 Å². The first-order valence-corrected chi connectivity index (χ1v) is 7.85. The van der Waals surface area contributed by atoms with Gasteiger partial charge in [0, 0.05) is 17.4 Å². The zero-order valence-corrected chi connectivity index (χ0v) is 14.1. The molecule has 0 aliphatic carbocycles. The predicted molar refractivity (Wildman–Crippen MR) is 92.4 cm³/mol. The first-order valence-electron chi connectivity index (χ1n) is 7.85. The predicted octanol–water partition coefficient (Wildman–Crippen LogP) is 4.76. The zero-order valence-electron chi connectivity index (χ0n) is 14.1. The summed E-state index contributed by atoms with van der Waals surface area (Å²) in [5.74, 6) is -0.456. The molecule has 7 heteroatoms. The highest BCUT2D eigenvalue weighted by atomic mass is 19.4. The highest BCUT2D eigenvalue weighted by Gasteiger charge is 2.34. The number of halogens is 3. The van der Waals surface area contributed by atoms with Gasteiger partial charge in [-0.2, -0.15) is 13.2 Å². The minimum absolute atomic E-state index is 0.0491. The Morgan fingerprint density at radius 1 is 1.12 bits per heavy atom. The van der Waals surface area contributed by atoms with E-state index < -0.39 is 17.6 Å². The van der Waals surface area contributed by atoms with Gasteiger partial charge in [-0.15, -0.1) is 0 Å². The summed E-state index contributed by atoms with van der Waals surface area (Å²) in [5, 5.41) is 2.53. The van der Waals surface area contributed by atoms with Crippen LogP contribution < -0.4 is 5.32 Å². The molecule has 1 N–H and O–H groups in total. The molecule has 0 aliphatic heterocycles. The Balaban J connectivity index is 1.97. The summed E-state index contributed by atoms with van der Waals surface area (Å²) in [4.78, 5) is 16.3. The van der Waals surface area contributed by atoms with Crippen molar-refractivity contribution >= 4 is 11.6 Å². The van der Waals surface area contributed by atoms with Crippen molar-refractivity contribution in [3.05, 3.63) is 77.4 Å². The number of nitrogens with one attached hydrogen (secondary N) is 1. The van der Waals surface area contributed by atoms with Crippen molar-refractivity contribution in [1.29, 1.82) is 0 Å². The topological polar surface area (TPSA) is 46.9 Å². The van der Waals surface area contributed by atoms with Crippen molar-refractivity contribution in [2.45, 2.75) is 20.0 Å². The van der Waals surface area contributed by atoms with Crippen LogP contribution in [0.3, 0.4) is 0 Å². The number of amides is 1. The summed E-state index contributed by atoms with van der Waals surface area (Å²) >= 11 is 0. The summed E-state index contributed by atoms with van der Waals surface area (Å²) in [5.41, 5.74) is 0.938. The molecule has 1 heterocycles. The highest BCUT2D eigenvalue weighted by molar-refractivity contribution is 6.05. The van der Waals surface area contributed by atoms with Crippen molar-refractivity contribution in [2.24, 2.45) is 0 Å². The maximum Gasteiger partial charge on any atom is 0.418 e. The normalized spacial score (nSPS) is 11.4. The maximum absolute atomic E-state index is 13.5. The fourth-order valence-corrected chi connectivity index (χ4v) is 2.65. The molecule has 0 saturated carbocycles. The number of hydrogen-bond acceptors (Lipinski definition) is 2. The van der Waals surface area contributed by atoms with Crippen molar-refractivity contribution in [2.75, 3.05) is 5.32 Å². The van der Waals surface area contributed by atoms with E-state index in [1.807, 2.05) is 0 Å². The Hall–Kier alpha value is -3.09. The third-order valence-corrected chi connectivity index (χ3v) is 3.94. The molecule has 2 aromatic carbocycles. The molecule has 0 spiro atoms. The van der Waals surface area contributed by atoms with Gasteiger partial charge in [0.05, 0.1) is 23.3 Å². The lowest BCUT2D eigenvalue weighted by molar-refractivity contribution is -0.137. The Bertz CT molecular complexity index is 961. The smallest absolute Gasteiger partial charge is 0.322 e. The molecule has 0 radical (unpaired) electrons. The number of carbonyl (C=O) groups is 1. The lowest BCUT2D eigenvalue weighted by Crippen LogP contribution is -2.15. The summed E-state index contributed by atoms with van der Waals surface area (Å²) < 4.78 is 41.8. The maximum atomic E-state index is 13.5. The van der Waals surface area contributed by atoms with Gasteiger partial charge >= 0.3 is 6.18 Å². The summed E-state index contributed by atoms with van der Waals surface area (Å²) in [7, 11) is 0. The first-order chi connectivity index (χ1) is 12.3. The lowest BCUT2D eigenvalue weighted by atomic mass is 10.1. The molecule has 0 unspecified atom stereocenters. The second-order valence-corrected chi connectivity index (χ2v) is 5.92. The fourth-order valence-electron chi connectivity index (χ4n) is 2.65. The minimum Gasteiger partial charge on any atom is -0.322 e. The Morgan fingerprint density at radius 3 is 2.46 bits per heavy atom. The first kappa shape index (κ1) is 17.7. The van der Waals surface area contributed by atoms with Crippen LogP contribution in [-0.4, -0.2) is 15.5 Å². The van der Waals surface area contributed by atoms with Crippen LogP contribution in [-0.2, 0) is 6.18 Å². The van der Waals surface area contributed by atoms with E-state index in [2.05, 4.69) is 10.3 Å². The molecular weight excluding hydrogens is 343 g/mol. The van der Waals surface area contributed by atoms with Crippen LogP contribution >= 0.6 is 0 Å². The Morgan fingerprint density at radius 2 is 1.85 bits per heavy atom. The summed E-state index contributed by atoms with van der Waals surface area (Å²) in [6.07, 6.45) is -1.74. The van der Waals surface area contributed by atoms with Crippen molar-refractivity contribution in [1.82, 2.24) is 9.55 Å². The molecule has 0 atom stereocenters. The van der Waals surface area contributed by atoms with Crippen LogP contribution in [0.15, 0.2) is 55.0 Å². The van der Waals surface area contributed by atoms with Crippen LogP contribution in [0.2, 0.25) is 0 Å². The third-order valence-electron chi connectivity index (χ3n) is 3.94. The molecule has 3 aromatic rings. The molecule has 3 rings (SSSR count). The lowest BCUT2D eigenvalue weighted by Gasteiger charge is -2.16. The molecule has 1 aromatic heterocycles. The van der Waals surface area contributed by atoms with E-state index in [9.17, 15) is 18.0 Å². The molecule has 4 nitrogen and oxygen atoms in total. The standard InChI is InChI=1S/C19H16F3N3O/c1-12-5-3-4-6-15(12)18(26)24-14-7-8-17(16(9-14)19(20,21)22)25-10-13(2)23-11-25/h3-11H,1-2H3,(H,24,26). The van der Waals surface area contributed by atoms with Crippen molar-refractivity contribution in [3.63, 3.8) is 0 Å². The molecule has 0 aliphatic rings. The van der Waals surface area contributed by atoms with E-state index in [1.54, 1.807) is 38.1 Å². The number of rotatable bonds is 3. The van der Waals surface area contributed by atoms with Gasteiger partial charge in [-0.1, -0.05) is 18.2 Å². The van der Waals surface area contributed by atoms with Gasteiger partial charge in [-0.3, -0.25) is 4.79 Å². The second kappa shape index (κ2) is 6.67. The monoisotopic (exact) mass is 359 g/mol. The number of aromatic nitrogens is 2. The van der Waals surface area contributed by atoms with Crippen LogP contribution in [0.1, 0.15) is 27.2 Å². The second-order valence-electron chi connectivity index (χ2n) is 5.92. The van der Waals surface area contributed by atoms with Gasteiger partial charge in [0.15, 0.2) is 0 Å². The molecule has 0 fully saturated rings. The number of hydrogen-bond donors (Lipinski definition) is 1. The van der Waals surface area contributed by atoms with Gasteiger partial charge < -0.3 is 9.88 Å². The van der Waals surface area contributed by atoms with E-state index in [1.165, 1.54) is 29.2 Å². The zero-order chi connectivity index (χ0) is 18.9. The molecule has 0 bridgehead atoms. The SMILES string of the molecule is Cc1cn(-c2ccc(NC(=O)c3ccccc3C)cc2C(F)(F)F)cn1. The summed E-state index contributed by atoms with van der Waals surface area (Å²) in [6, 6.07) is 10.6. The average Bonchev–Trinajstić information content (AvgIpc) is 3.00. The van der Waals surface area contributed by atoms with Gasteiger partial charge in [-0.05, 0) is 43.7 Å².